The molecule has 3 rings (SSSR count). The molecule has 3 aromatic rings. The Morgan fingerprint density at radius 2 is 1.74 bits per heavy atom. The normalized spacial score (nSPS) is 12.0. The van der Waals surface area contributed by atoms with E-state index in [1.807, 2.05) is 61.7 Å². The van der Waals surface area contributed by atoms with Crippen LogP contribution in [0.3, 0.4) is 0 Å². The number of thioether (sulfide) groups is 2. The molecule has 7 heteroatoms. The lowest BCUT2D eigenvalue weighted by Gasteiger charge is -2.15. The molecule has 0 heterocycles. The predicted octanol–water partition coefficient (Wildman–Crippen LogP) is 6.23. The summed E-state index contributed by atoms with van der Waals surface area (Å²) in [6.07, 6.45) is 1.98. The maximum Gasteiger partial charge on any atom is 0.219 e. The number of benzene rings is 3. The molecule has 3 aromatic carbocycles. The van der Waals surface area contributed by atoms with Gasteiger partial charge in [-0.25, -0.2) is 8.42 Å². The zero-order valence-corrected chi connectivity index (χ0v) is 19.7. The third-order valence-electron chi connectivity index (χ3n) is 4.42. The van der Waals surface area contributed by atoms with Crippen molar-refractivity contribution in [3.63, 3.8) is 0 Å². The zero-order valence-electron chi connectivity index (χ0n) is 17.2. The van der Waals surface area contributed by atoms with Crippen LogP contribution in [0.25, 0.3) is 0 Å². The average Bonchev–Trinajstić information content (AvgIpc) is 2.78. The number of aryl methyl sites for hydroxylation is 1. The standard InChI is InChI=1S/C24H22N2O2S3/c1-18-8-6-9-19(14-18)17-30-24(26-20-10-7-11-21(15-20)29-2)23(16-25)31(27,28)22-12-4-3-5-13-22/h3-15,26H,17H2,1-2H3/b24-23+. The van der Waals surface area contributed by atoms with Gasteiger partial charge >= 0.3 is 0 Å². The molecule has 0 saturated carbocycles. The van der Waals surface area contributed by atoms with Gasteiger partial charge in [-0.1, -0.05) is 54.1 Å². The quantitative estimate of drug-likeness (QED) is 0.313. The summed E-state index contributed by atoms with van der Waals surface area (Å²) in [5, 5.41) is 13.4. The minimum Gasteiger partial charge on any atom is -0.349 e. The number of anilines is 1. The number of nitriles is 1. The summed E-state index contributed by atoms with van der Waals surface area (Å²) in [5.74, 6) is 0.529. The van der Waals surface area contributed by atoms with Crippen molar-refractivity contribution >= 4 is 39.0 Å². The van der Waals surface area contributed by atoms with Gasteiger partial charge in [-0.05, 0) is 49.1 Å². The molecular formula is C24H22N2O2S3. The Morgan fingerprint density at radius 1 is 1.00 bits per heavy atom. The van der Waals surface area contributed by atoms with Gasteiger partial charge in [-0.2, -0.15) is 5.26 Å². The Bertz CT molecular complexity index is 1230. The van der Waals surface area contributed by atoms with E-state index in [2.05, 4.69) is 11.4 Å². The van der Waals surface area contributed by atoms with E-state index in [1.165, 1.54) is 23.9 Å². The number of hydrogen-bond acceptors (Lipinski definition) is 6. The second kappa shape index (κ2) is 10.6. The Balaban J connectivity index is 2.04. The third kappa shape index (κ3) is 5.95. The molecule has 0 unspecified atom stereocenters. The first kappa shape index (κ1) is 23.0. The van der Waals surface area contributed by atoms with Crippen LogP contribution in [0, 0.1) is 18.3 Å². The highest BCUT2D eigenvalue weighted by atomic mass is 32.2. The van der Waals surface area contributed by atoms with Crippen LogP contribution in [0.4, 0.5) is 5.69 Å². The van der Waals surface area contributed by atoms with Crippen LogP contribution >= 0.6 is 23.5 Å². The second-order valence-electron chi connectivity index (χ2n) is 6.72. The van der Waals surface area contributed by atoms with Crippen molar-refractivity contribution in [2.75, 3.05) is 11.6 Å². The monoisotopic (exact) mass is 466 g/mol. The van der Waals surface area contributed by atoms with Gasteiger partial charge in [0.25, 0.3) is 0 Å². The molecule has 0 aliphatic rings. The van der Waals surface area contributed by atoms with Crippen LogP contribution in [0.2, 0.25) is 0 Å². The fourth-order valence-corrected chi connectivity index (χ4v) is 5.89. The highest BCUT2D eigenvalue weighted by molar-refractivity contribution is 8.04. The molecule has 0 radical (unpaired) electrons. The molecular weight excluding hydrogens is 444 g/mol. The molecule has 0 atom stereocenters. The van der Waals surface area contributed by atoms with Crippen molar-refractivity contribution in [2.45, 2.75) is 22.5 Å². The van der Waals surface area contributed by atoms with Crippen molar-refractivity contribution in [1.82, 2.24) is 0 Å². The summed E-state index contributed by atoms with van der Waals surface area (Å²) in [5.41, 5.74) is 2.91. The van der Waals surface area contributed by atoms with Crippen LogP contribution in [-0.2, 0) is 15.6 Å². The van der Waals surface area contributed by atoms with Crippen molar-refractivity contribution < 1.29 is 8.42 Å². The Labute approximate surface area is 192 Å². The summed E-state index contributed by atoms with van der Waals surface area (Å²) < 4.78 is 26.5. The van der Waals surface area contributed by atoms with Crippen LogP contribution in [0.1, 0.15) is 11.1 Å². The molecule has 0 aliphatic heterocycles. The van der Waals surface area contributed by atoms with Crippen molar-refractivity contribution in [2.24, 2.45) is 0 Å². The SMILES string of the molecule is CSc1cccc(N/C(SCc2cccc(C)c2)=C(/C#N)S(=O)(=O)c2ccccc2)c1. The number of allylic oxidation sites excluding steroid dienone is 1. The van der Waals surface area contributed by atoms with E-state index in [1.54, 1.807) is 30.0 Å². The summed E-state index contributed by atoms with van der Waals surface area (Å²) in [6.45, 7) is 2.01. The largest absolute Gasteiger partial charge is 0.349 e. The number of rotatable bonds is 8. The minimum atomic E-state index is -3.97. The topological polar surface area (TPSA) is 70.0 Å². The van der Waals surface area contributed by atoms with Gasteiger partial charge in [0.15, 0.2) is 4.91 Å². The van der Waals surface area contributed by atoms with E-state index in [0.717, 1.165) is 21.7 Å². The van der Waals surface area contributed by atoms with E-state index < -0.39 is 9.84 Å². The molecule has 0 bridgehead atoms. The number of hydrogen-bond donors (Lipinski definition) is 1. The third-order valence-corrected chi connectivity index (χ3v) is 8.08. The van der Waals surface area contributed by atoms with Gasteiger partial charge in [0.1, 0.15) is 11.1 Å². The average molecular weight is 467 g/mol. The van der Waals surface area contributed by atoms with Crippen LogP contribution in [-0.4, -0.2) is 14.7 Å². The van der Waals surface area contributed by atoms with E-state index in [9.17, 15) is 13.7 Å². The highest BCUT2D eigenvalue weighted by Crippen LogP contribution is 2.32. The number of nitrogens with one attached hydrogen (secondary N) is 1. The molecule has 0 spiro atoms. The Hall–Kier alpha value is -2.66. The summed E-state index contributed by atoms with van der Waals surface area (Å²) in [4.78, 5) is 0.850. The van der Waals surface area contributed by atoms with Crippen molar-refractivity contribution in [3.05, 3.63) is 99.9 Å². The van der Waals surface area contributed by atoms with Gasteiger partial charge in [-0.3, -0.25) is 0 Å². The molecule has 1 N–H and O–H groups in total. The van der Waals surface area contributed by atoms with Gasteiger partial charge in [0.05, 0.1) is 4.90 Å². The van der Waals surface area contributed by atoms with Gasteiger partial charge in [-0.15, -0.1) is 23.5 Å². The first-order valence-electron chi connectivity index (χ1n) is 9.48. The van der Waals surface area contributed by atoms with E-state index in [4.69, 9.17) is 0 Å². The van der Waals surface area contributed by atoms with Crippen LogP contribution in [0.5, 0.6) is 0 Å². The molecule has 0 amide bonds. The maximum atomic E-state index is 13.2. The summed E-state index contributed by atoms with van der Waals surface area (Å²) in [7, 11) is -3.97. The van der Waals surface area contributed by atoms with Crippen molar-refractivity contribution in [1.29, 1.82) is 5.26 Å². The smallest absolute Gasteiger partial charge is 0.219 e. The van der Waals surface area contributed by atoms with E-state index in [0.29, 0.717) is 10.8 Å². The lowest BCUT2D eigenvalue weighted by Crippen LogP contribution is -2.10. The highest BCUT2D eigenvalue weighted by Gasteiger charge is 2.25. The second-order valence-corrected chi connectivity index (χ2v) is 10.5. The van der Waals surface area contributed by atoms with E-state index >= 15 is 0 Å². The molecule has 0 aliphatic carbocycles. The summed E-state index contributed by atoms with van der Waals surface area (Å²) >= 11 is 2.90. The lowest BCUT2D eigenvalue weighted by molar-refractivity contribution is 0.603. The van der Waals surface area contributed by atoms with E-state index in [-0.39, 0.29) is 9.80 Å². The first-order chi connectivity index (χ1) is 14.9. The number of nitrogens with zero attached hydrogens (tertiary/aromatic N) is 1. The zero-order chi connectivity index (χ0) is 22.3. The fourth-order valence-electron chi connectivity index (χ4n) is 2.90. The first-order valence-corrected chi connectivity index (χ1v) is 13.2. The molecule has 0 saturated heterocycles. The molecule has 31 heavy (non-hydrogen) atoms. The Morgan fingerprint density at radius 3 is 2.42 bits per heavy atom. The van der Waals surface area contributed by atoms with Crippen LogP contribution in [0.15, 0.2) is 98.6 Å². The van der Waals surface area contributed by atoms with Crippen molar-refractivity contribution in [3.8, 4) is 6.07 Å². The minimum absolute atomic E-state index is 0.0971. The fraction of sp³-hybridized carbons (Fsp3) is 0.125. The molecule has 158 valence electrons. The molecule has 0 aromatic heterocycles. The number of sulfone groups is 1. The maximum absolute atomic E-state index is 13.2. The lowest BCUT2D eigenvalue weighted by atomic mass is 10.2. The predicted molar refractivity (Wildman–Crippen MR) is 131 cm³/mol. The molecule has 0 fully saturated rings. The van der Waals surface area contributed by atoms with Gasteiger partial charge < -0.3 is 5.32 Å². The summed E-state index contributed by atoms with van der Waals surface area (Å²) in [6, 6.07) is 25.7. The van der Waals surface area contributed by atoms with Gasteiger partial charge in [0, 0.05) is 16.3 Å². The molecule has 4 nitrogen and oxygen atoms in total. The van der Waals surface area contributed by atoms with Gasteiger partial charge in [0.2, 0.25) is 9.84 Å². The van der Waals surface area contributed by atoms with Crippen LogP contribution < -0.4 is 5.32 Å². The Kier molecular flexibility index (Phi) is 7.85.